The van der Waals surface area contributed by atoms with E-state index in [1.54, 1.807) is 0 Å². The number of thiazole rings is 1. The number of carbonyl (C=O) groups excluding carboxylic acids is 1. The summed E-state index contributed by atoms with van der Waals surface area (Å²) in [6, 6.07) is 15.4. The van der Waals surface area contributed by atoms with Crippen molar-refractivity contribution in [3.8, 4) is 17.0 Å². The molecule has 0 aliphatic heterocycles. The van der Waals surface area contributed by atoms with E-state index in [0.29, 0.717) is 29.6 Å². The normalized spacial score (nSPS) is 10.6. The molecule has 2 aromatic carbocycles. The second kappa shape index (κ2) is 9.02. The van der Waals surface area contributed by atoms with E-state index >= 15 is 0 Å². The van der Waals surface area contributed by atoms with Gasteiger partial charge in [-0.25, -0.2) is 4.98 Å². The summed E-state index contributed by atoms with van der Waals surface area (Å²) in [6.45, 7) is 4.52. The van der Waals surface area contributed by atoms with Crippen LogP contribution in [0.5, 0.6) is 5.75 Å². The van der Waals surface area contributed by atoms with E-state index in [4.69, 9.17) is 16.3 Å². The quantitative estimate of drug-likeness (QED) is 0.504. The number of amides is 1. The Morgan fingerprint density at radius 2 is 1.96 bits per heavy atom. The third-order valence-electron chi connectivity index (χ3n) is 3.98. The summed E-state index contributed by atoms with van der Waals surface area (Å²) in [5.41, 5.74) is 2.99. The molecule has 3 rings (SSSR count). The summed E-state index contributed by atoms with van der Waals surface area (Å²) in [5, 5.41) is 4.14. The highest BCUT2D eigenvalue weighted by Gasteiger charge is 2.12. The molecule has 0 spiro atoms. The smallest absolute Gasteiger partial charge is 0.226 e. The standard InChI is InChI=1S/C21H21ClN2O2S/c1-14-8-10-18(11-9-14)26-12-4-7-19(25)23-21-24-20(15(2)27-21)16-5-3-6-17(22)13-16/h3,5-6,8-11,13H,4,7,12H2,1-2H3,(H,23,24,25). The van der Waals surface area contributed by atoms with Crippen LogP contribution in [0.15, 0.2) is 48.5 Å². The lowest BCUT2D eigenvalue weighted by Crippen LogP contribution is -2.12. The Balaban J connectivity index is 1.49. The number of hydrogen-bond acceptors (Lipinski definition) is 4. The van der Waals surface area contributed by atoms with Crippen LogP contribution in [-0.2, 0) is 4.79 Å². The highest BCUT2D eigenvalue weighted by molar-refractivity contribution is 7.16. The fraction of sp³-hybridized carbons (Fsp3) is 0.238. The highest BCUT2D eigenvalue weighted by Crippen LogP contribution is 2.31. The number of aromatic nitrogens is 1. The number of nitrogens with one attached hydrogen (secondary N) is 1. The van der Waals surface area contributed by atoms with Crippen molar-refractivity contribution in [2.24, 2.45) is 0 Å². The van der Waals surface area contributed by atoms with E-state index in [2.05, 4.69) is 10.3 Å². The first-order valence-corrected chi connectivity index (χ1v) is 9.93. The van der Waals surface area contributed by atoms with Crippen LogP contribution in [0.4, 0.5) is 5.13 Å². The van der Waals surface area contributed by atoms with Gasteiger partial charge in [-0.05, 0) is 44.5 Å². The molecule has 1 heterocycles. The molecule has 0 saturated heterocycles. The number of ether oxygens (including phenoxy) is 1. The molecule has 0 aliphatic carbocycles. The van der Waals surface area contributed by atoms with Crippen molar-refractivity contribution in [3.63, 3.8) is 0 Å². The monoisotopic (exact) mass is 400 g/mol. The van der Waals surface area contributed by atoms with Crippen molar-refractivity contribution in [3.05, 3.63) is 64.0 Å². The van der Waals surface area contributed by atoms with E-state index < -0.39 is 0 Å². The Bertz CT molecular complexity index is 922. The zero-order valence-corrected chi connectivity index (χ0v) is 16.9. The van der Waals surface area contributed by atoms with E-state index in [-0.39, 0.29) is 5.91 Å². The van der Waals surface area contributed by atoms with Gasteiger partial charge in [0.25, 0.3) is 0 Å². The molecule has 0 radical (unpaired) electrons. The van der Waals surface area contributed by atoms with E-state index in [9.17, 15) is 4.79 Å². The molecule has 0 saturated carbocycles. The maximum Gasteiger partial charge on any atom is 0.226 e. The summed E-state index contributed by atoms with van der Waals surface area (Å²) in [5.74, 6) is 0.761. The van der Waals surface area contributed by atoms with Crippen molar-refractivity contribution >= 4 is 34.0 Å². The molecule has 4 nitrogen and oxygen atoms in total. The molecule has 1 aromatic heterocycles. The second-order valence-electron chi connectivity index (χ2n) is 6.25. The maximum absolute atomic E-state index is 12.2. The predicted molar refractivity (Wildman–Crippen MR) is 112 cm³/mol. The molecule has 1 N–H and O–H groups in total. The number of anilines is 1. The number of nitrogens with zero attached hydrogens (tertiary/aromatic N) is 1. The van der Waals surface area contributed by atoms with Crippen LogP contribution in [0.1, 0.15) is 23.3 Å². The zero-order chi connectivity index (χ0) is 19.2. The molecule has 6 heteroatoms. The Labute approximate surface area is 168 Å². The summed E-state index contributed by atoms with van der Waals surface area (Å²) in [6.07, 6.45) is 1.03. The number of carbonyl (C=O) groups is 1. The minimum atomic E-state index is -0.0612. The average molecular weight is 401 g/mol. The van der Waals surface area contributed by atoms with Crippen LogP contribution in [0.25, 0.3) is 11.3 Å². The fourth-order valence-electron chi connectivity index (χ4n) is 2.59. The van der Waals surface area contributed by atoms with Crippen LogP contribution in [-0.4, -0.2) is 17.5 Å². The summed E-state index contributed by atoms with van der Waals surface area (Å²) in [4.78, 5) is 17.7. The number of rotatable bonds is 7. The van der Waals surface area contributed by atoms with Crippen LogP contribution in [0, 0.1) is 13.8 Å². The van der Waals surface area contributed by atoms with Crippen LogP contribution < -0.4 is 10.1 Å². The molecule has 27 heavy (non-hydrogen) atoms. The molecule has 0 atom stereocenters. The minimum absolute atomic E-state index is 0.0612. The van der Waals surface area contributed by atoms with Gasteiger partial charge < -0.3 is 10.1 Å². The first-order chi connectivity index (χ1) is 13.0. The van der Waals surface area contributed by atoms with Gasteiger partial charge >= 0.3 is 0 Å². The van der Waals surface area contributed by atoms with Crippen molar-refractivity contribution in [1.29, 1.82) is 0 Å². The van der Waals surface area contributed by atoms with Gasteiger partial charge in [-0.3, -0.25) is 4.79 Å². The van der Waals surface area contributed by atoms with Gasteiger partial charge in [-0.1, -0.05) is 41.4 Å². The molecule has 0 unspecified atom stereocenters. The van der Waals surface area contributed by atoms with E-state index in [1.165, 1.54) is 16.9 Å². The number of benzene rings is 2. The Morgan fingerprint density at radius 3 is 2.70 bits per heavy atom. The van der Waals surface area contributed by atoms with Crippen molar-refractivity contribution in [1.82, 2.24) is 4.98 Å². The lowest BCUT2D eigenvalue weighted by Gasteiger charge is -2.06. The van der Waals surface area contributed by atoms with Gasteiger partial charge in [0, 0.05) is 21.9 Å². The molecule has 140 valence electrons. The lowest BCUT2D eigenvalue weighted by atomic mass is 10.1. The third-order valence-corrected chi connectivity index (χ3v) is 5.10. The Hall–Kier alpha value is -2.37. The Morgan fingerprint density at radius 1 is 1.19 bits per heavy atom. The summed E-state index contributed by atoms with van der Waals surface area (Å²) < 4.78 is 5.65. The largest absolute Gasteiger partial charge is 0.494 e. The van der Waals surface area contributed by atoms with Crippen LogP contribution in [0.2, 0.25) is 5.02 Å². The first-order valence-electron chi connectivity index (χ1n) is 8.74. The molecule has 0 bridgehead atoms. The molecule has 3 aromatic rings. The number of hydrogen-bond donors (Lipinski definition) is 1. The average Bonchev–Trinajstić information content (AvgIpc) is 3.00. The van der Waals surface area contributed by atoms with Gasteiger partial charge in [-0.15, -0.1) is 11.3 Å². The topological polar surface area (TPSA) is 51.2 Å². The van der Waals surface area contributed by atoms with Gasteiger partial charge in [0.05, 0.1) is 12.3 Å². The summed E-state index contributed by atoms with van der Waals surface area (Å²) in [7, 11) is 0. The van der Waals surface area contributed by atoms with Gasteiger partial charge in [0.1, 0.15) is 5.75 Å². The van der Waals surface area contributed by atoms with Gasteiger partial charge in [-0.2, -0.15) is 0 Å². The van der Waals surface area contributed by atoms with E-state index in [0.717, 1.165) is 21.9 Å². The van der Waals surface area contributed by atoms with Gasteiger partial charge in [0.2, 0.25) is 5.91 Å². The second-order valence-corrected chi connectivity index (χ2v) is 7.89. The van der Waals surface area contributed by atoms with Crippen molar-refractivity contribution < 1.29 is 9.53 Å². The fourth-order valence-corrected chi connectivity index (χ4v) is 3.63. The number of halogens is 1. The first kappa shape index (κ1) is 19.4. The predicted octanol–water partition coefficient (Wildman–Crippen LogP) is 5.88. The van der Waals surface area contributed by atoms with Crippen molar-refractivity contribution in [2.75, 3.05) is 11.9 Å². The lowest BCUT2D eigenvalue weighted by molar-refractivity contribution is -0.116. The van der Waals surface area contributed by atoms with Crippen LogP contribution >= 0.6 is 22.9 Å². The van der Waals surface area contributed by atoms with Gasteiger partial charge in [0.15, 0.2) is 5.13 Å². The molecular formula is C21H21ClN2O2S. The molecular weight excluding hydrogens is 380 g/mol. The maximum atomic E-state index is 12.2. The van der Waals surface area contributed by atoms with Crippen molar-refractivity contribution in [2.45, 2.75) is 26.7 Å². The third kappa shape index (κ3) is 5.55. The number of aryl methyl sites for hydroxylation is 2. The molecule has 1 amide bonds. The van der Waals surface area contributed by atoms with Crippen LogP contribution in [0.3, 0.4) is 0 Å². The Kier molecular flexibility index (Phi) is 6.48. The zero-order valence-electron chi connectivity index (χ0n) is 15.3. The molecule has 0 aliphatic rings. The SMILES string of the molecule is Cc1ccc(OCCCC(=O)Nc2nc(-c3cccc(Cl)c3)c(C)s2)cc1. The summed E-state index contributed by atoms with van der Waals surface area (Å²) >= 11 is 7.52. The highest BCUT2D eigenvalue weighted by atomic mass is 35.5. The van der Waals surface area contributed by atoms with E-state index in [1.807, 2.05) is 62.4 Å². The molecule has 0 fully saturated rings. The minimum Gasteiger partial charge on any atom is -0.494 e.